The number of aromatic nitrogens is 1. The summed E-state index contributed by atoms with van der Waals surface area (Å²) in [7, 11) is 0. The Bertz CT molecular complexity index is 2890. The van der Waals surface area contributed by atoms with Crippen molar-refractivity contribution in [3.05, 3.63) is 152 Å². The van der Waals surface area contributed by atoms with Crippen LogP contribution >= 0.6 is 11.3 Å². The molecule has 212 valence electrons. The summed E-state index contributed by atoms with van der Waals surface area (Å²) in [6, 6.07) is 56.5. The van der Waals surface area contributed by atoms with E-state index in [0.29, 0.717) is 0 Å². The van der Waals surface area contributed by atoms with E-state index in [0.717, 1.165) is 0 Å². The zero-order valence-electron chi connectivity index (χ0n) is 24.8. The van der Waals surface area contributed by atoms with Crippen molar-refractivity contribution in [1.29, 1.82) is 0 Å². The van der Waals surface area contributed by atoms with E-state index in [9.17, 15) is 0 Å². The first-order valence-electron chi connectivity index (χ1n) is 15.8. The summed E-state index contributed by atoms with van der Waals surface area (Å²) in [6.45, 7) is 0. The highest BCUT2D eigenvalue weighted by Gasteiger charge is 2.22. The summed E-state index contributed by atoms with van der Waals surface area (Å²) >= 11 is 1.88. The molecule has 2 aromatic heterocycles. The van der Waals surface area contributed by atoms with Crippen molar-refractivity contribution in [3.63, 3.8) is 0 Å². The zero-order valence-corrected chi connectivity index (χ0v) is 25.6. The number of benzene rings is 8. The van der Waals surface area contributed by atoms with E-state index >= 15 is 0 Å². The second kappa shape index (κ2) is 8.94. The van der Waals surface area contributed by atoms with Gasteiger partial charge in [-0.25, -0.2) is 0 Å². The first-order chi connectivity index (χ1) is 22.8. The Morgan fingerprint density at radius 1 is 0.370 bits per heavy atom. The van der Waals surface area contributed by atoms with Crippen molar-refractivity contribution in [2.45, 2.75) is 0 Å². The van der Waals surface area contributed by atoms with Crippen molar-refractivity contribution in [2.75, 3.05) is 0 Å². The minimum Gasteiger partial charge on any atom is -0.309 e. The highest BCUT2D eigenvalue weighted by molar-refractivity contribution is 7.25. The Kier molecular flexibility index (Phi) is 4.78. The molecule has 2 heterocycles. The standard InChI is InChI=1S/C44H25NS/c1-2-9-27-24-41-37(22-26(27)8-1)33-12-5-6-15-40(33)45(41)29-17-21-43-39(25-29)38-23-28(16-20-42(38)46-43)30-18-19-36-32-11-4-3-10-31(32)35-14-7-13-34(30)44(35)36/h1-25H. The molecule has 0 unspecified atom stereocenters. The van der Waals surface area contributed by atoms with Crippen LogP contribution in [0.5, 0.6) is 0 Å². The SMILES string of the molecule is c1ccc2c(c1)-c1cccc3c(-c4ccc5sc6ccc(-n7c8ccccc8c8cc9ccccc9cc87)cc6c5c4)ccc-2c13. The van der Waals surface area contributed by atoms with Gasteiger partial charge in [0.2, 0.25) is 0 Å². The fraction of sp³-hybridized carbons (Fsp3) is 0. The average molecular weight is 600 g/mol. The van der Waals surface area contributed by atoms with Crippen molar-refractivity contribution < 1.29 is 0 Å². The molecule has 0 aliphatic heterocycles. The largest absolute Gasteiger partial charge is 0.309 e. The molecule has 8 aromatic carbocycles. The summed E-state index contributed by atoms with van der Waals surface area (Å²) in [5.74, 6) is 0. The van der Waals surface area contributed by atoms with Gasteiger partial charge in [-0.2, -0.15) is 0 Å². The maximum absolute atomic E-state index is 2.45. The first-order valence-corrected chi connectivity index (χ1v) is 16.7. The summed E-state index contributed by atoms with van der Waals surface area (Å²) in [5.41, 5.74) is 11.6. The number of thiophene rings is 1. The van der Waals surface area contributed by atoms with Gasteiger partial charge in [-0.3, -0.25) is 0 Å². The van der Waals surface area contributed by atoms with Crippen LogP contribution in [-0.4, -0.2) is 4.57 Å². The second-order valence-corrected chi connectivity index (χ2v) is 13.6. The van der Waals surface area contributed by atoms with Gasteiger partial charge in [-0.05, 0) is 103 Å². The average Bonchev–Trinajstić information content (AvgIpc) is 3.75. The Morgan fingerprint density at radius 2 is 1.02 bits per heavy atom. The van der Waals surface area contributed by atoms with Crippen LogP contribution in [0.3, 0.4) is 0 Å². The number of rotatable bonds is 2. The van der Waals surface area contributed by atoms with E-state index < -0.39 is 0 Å². The molecular formula is C44H25NS. The maximum atomic E-state index is 2.45. The smallest absolute Gasteiger partial charge is 0.0547 e. The molecule has 0 fully saturated rings. The van der Waals surface area contributed by atoms with Crippen molar-refractivity contribution >= 4 is 74.9 Å². The molecule has 0 amide bonds. The van der Waals surface area contributed by atoms with Crippen molar-refractivity contribution in [1.82, 2.24) is 4.57 Å². The lowest BCUT2D eigenvalue weighted by atomic mass is 9.93. The van der Waals surface area contributed by atoms with Gasteiger partial charge < -0.3 is 4.57 Å². The first kappa shape index (κ1) is 24.6. The van der Waals surface area contributed by atoms with Crippen LogP contribution in [0, 0.1) is 0 Å². The summed E-state index contributed by atoms with van der Waals surface area (Å²) in [5, 5.41) is 10.4. The van der Waals surface area contributed by atoms with E-state index in [1.807, 2.05) is 11.3 Å². The quantitative estimate of drug-likeness (QED) is 0.186. The lowest BCUT2D eigenvalue weighted by Gasteiger charge is -2.11. The monoisotopic (exact) mass is 599 g/mol. The molecule has 0 saturated carbocycles. The summed E-state index contributed by atoms with van der Waals surface area (Å²) in [4.78, 5) is 0. The van der Waals surface area contributed by atoms with Crippen LogP contribution in [0.2, 0.25) is 0 Å². The number of nitrogens with zero attached hydrogens (tertiary/aromatic N) is 1. The predicted octanol–water partition coefficient (Wildman–Crippen LogP) is 12.8. The van der Waals surface area contributed by atoms with Gasteiger partial charge in [0.1, 0.15) is 0 Å². The Hall–Kier alpha value is -5.70. The van der Waals surface area contributed by atoms with Gasteiger partial charge in [0.25, 0.3) is 0 Å². The molecule has 10 aromatic rings. The lowest BCUT2D eigenvalue weighted by Crippen LogP contribution is -1.93. The van der Waals surface area contributed by atoms with Gasteiger partial charge in [-0.15, -0.1) is 11.3 Å². The van der Waals surface area contributed by atoms with Crippen molar-refractivity contribution in [3.8, 4) is 39.1 Å². The fourth-order valence-corrected chi connectivity index (χ4v) is 9.13. The molecule has 46 heavy (non-hydrogen) atoms. The zero-order chi connectivity index (χ0) is 29.9. The molecule has 1 aliphatic rings. The summed E-state index contributed by atoms with van der Waals surface area (Å²) < 4.78 is 5.09. The Labute approximate surface area is 269 Å². The van der Waals surface area contributed by atoms with Gasteiger partial charge in [0.05, 0.1) is 11.0 Å². The topological polar surface area (TPSA) is 4.93 Å². The molecule has 11 rings (SSSR count). The van der Waals surface area contributed by atoms with E-state index in [1.165, 1.54) is 103 Å². The van der Waals surface area contributed by atoms with E-state index in [1.54, 1.807) is 0 Å². The third kappa shape index (κ3) is 3.24. The Balaban J connectivity index is 1.14. The number of hydrogen-bond acceptors (Lipinski definition) is 1. The van der Waals surface area contributed by atoms with Crippen LogP contribution in [0.25, 0.3) is 103 Å². The normalized spacial score (nSPS) is 12.3. The molecule has 2 heteroatoms. The van der Waals surface area contributed by atoms with E-state index in [2.05, 4.69) is 156 Å². The third-order valence-corrected chi connectivity index (χ3v) is 11.3. The van der Waals surface area contributed by atoms with Crippen LogP contribution in [0.4, 0.5) is 0 Å². The summed E-state index contributed by atoms with van der Waals surface area (Å²) in [6.07, 6.45) is 0. The molecule has 0 saturated heterocycles. The van der Waals surface area contributed by atoms with Gasteiger partial charge in [0.15, 0.2) is 0 Å². The minimum absolute atomic E-state index is 1.20. The van der Waals surface area contributed by atoms with Crippen LogP contribution < -0.4 is 0 Å². The van der Waals surface area contributed by atoms with Crippen LogP contribution in [-0.2, 0) is 0 Å². The number of hydrogen-bond donors (Lipinski definition) is 0. The number of fused-ring (bicyclic) bond motifs is 10. The minimum atomic E-state index is 1.20. The highest BCUT2D eigenvalue weighted by Crippen LogP contribution is 2.49. The van der Waals surface area contributed by atoms with E-state index in [4.69, 9.17) is 0 Å². The van der Waals surface area contributed by atoms with E-state index in [-0.39, 0.29) is 0 Å². The molecule has 0 bridgehead atoms. The molecule has 0 N–H and O–H groups in total. The van der Waals surface area contributed by atoms with Gasteiger partial charge >= 0.3 is 0 Å². The Morgan fingerprint density at radius 3 is 1.89 bits per heavy atom. The molecule has 0 spiro atoms. The van der Waals surface area contributed by atoms with Crippen molar-refractivity contribution in [2.24, 2.45) is 0 Å². The predicted molar refractivity (Wildman–Crippen MR) is 199 cm³/mol. The van der Waals surface area contributed by atoms with Gasteiger partial charge in [0, 0.05) is 36.6 Å². The molecule has 1 aliphatic carbocycles. The van der Waals surface area contributed by atoms with Crippen LogP contribution in [0.1, 0.15) is 0 Å². The van der Waals surface area contributed by atoms with Gasteiger partial charge in [-0.1, -0.05) is 103 Å². The molecule has 0 radical (unpaired) electrons. The molecule has 1 nitrogen and oxygen atoms in total. The maximum Gasteiger partial charge on any atom is 0.0547 e. The number of para-hydroxylation sites is 1. The highest BCUT2D eigenvalue weighted by atomic mass is 32.1. The molecule has 0 atom stereocenters. The second-order valence-electron chi connectivity index (χ2n) is 12.5. The fourth-order valence-electron chi connectivity index (χ4n) is 8.07. The van der Waals surface area contributed by atoms with Crippen LogP contribution in [0.15, 0.2) is 152 Å². The molecular weight excluding hydrogens is 575 g/mol. The lowest BCUT2D eigenvalue weighted by molar-refractivity contribution is 1.19. The third-order valence-electron chi connectivity index (χ3n) is 10.1.